The maximum absolute atomic E-state index is 14.6. The van der Waals surface area contributed by atoms with Crippen molar-refractivity contribution in [1.29, 1.82) is 0 Å². The minimum Gasteiger partial charge on any atom is -0.434 e. The van der Waals surface area contributed by atoms with Crippen LogP contribution in [0.3, 0.4) is 0 Å². The van der Waals surface area contributed by atoms with E-state index in [9.17, 15) is 22.8 Å². The van der Waals surface area contributed by atoms with Gasteiger partial charge in [-0.2, -0.15) is 8.78 Å². The number of rotatable bonds is 3. The fourth-order valence-electron chi connectivity index (χ4n) is 3.68. The molecule has 0 saturated heterocycles. The molecule has 1 aromatic rings. The van der Waals surface area contributed by atoms with Gasteiger partial charge < -0.3 is 4.74 Å². The summed E-state index contributed by atoms with van der Waals surface area (Å²) in [5.41, 5.74) is -0.239. The summed E-state index contributed by atoms with van der Waals surface area (Å²) in [6.07, 6.45) is 1.63. The summed E-state index contributed by atoms with van der Waals surface area (Å²) in [5, 5.41) is 0. The Balaban J connectivity index is 2.13. The SMILES string of the molecule is CC#Cc1cc(F)c(C2C(=O)C3CCC(C3)C2=O)c(OC(F)F)c1. The molecule has 2 fully saturated rings. The molecule has 0 radical (unpaired) electrons. The summed E-state index contributed by atoms with van der Waals surface area (Å²) in [7, 11) is 0. The van der Waals surface area contributed by atoms with Gasteiger partial charge in [0.25, 0.3) is 0 Å². The zero-order valence-corrected chi connectivity index (χ0v) is 12.9. The summed E-state index contributed by atoms with van der Waals surface area (Å²) < 4.78 is 44.5. The van der Waals surface area contributed by atoms with E-state index >= 15 is 0 Å². The van der Waals surface area contributed by atoms with E-state index in [1.807, 2.05) is 0 Å². The maximum Gasteiger partial charge on any atom is 0.387 e. The number of halogens is 3. The van der Waals surface area contributed by atoms with Gasteiger partial charge >= 0.3 is 6.61 Å². The zero-order chi connectivity index (χ0) is 17.4. The molecule has 2 aliphatic carbocycles. The van der Waals surface area contributed by atoms with Gasteiger partial charge in [0.15, 0.2) is 11.6 Å². The van der Waals surface area contributed by atoms with Gasteiger partial charge in [0.1, 0.15) is 17.5 Å². The molecule has 0 N–H and O–H groups in total. The normalized spacial score (nSPS) is 25.6. The zero-order valence-electron chi connectivity index (χ0n) is 12.9. The molecule has 6 heteroatoms. The van der Waals surface area contributed by atoms with Crippen LogP contribution >= 0.6 is 0 Å². The third-order valence-corrected chi connectivity index (χ3v) is 4.67. The number of alkyl halides is 2. The molecule has 3 rings (SSSR count). The molecular weight excluding hydrogens is 321 g/mol. The van der Waals surface area contributed by atoms with E-state index in [0.29, 0.717) is 19.3 Å². The summed E-state index contributed by atoms with van der Waals surface area (Å²) in [4.78, 5) is 25.1. The van der Waals surface area contributed by atoms with E-state index in [1.54, 1.807) is 0 Å². The van der Waals surface area contributed by atoms with Crippen LogP contribution in [-0.2, 0) is 9.59 Å². The molecule has 0 aromatic heterocycles. The Labute approximate surface area is 137 Å². The Hall–Kier alpha value is -2.29. The van der Waals surface area contributed by atoms with Crippen LogP contribution in [0.15, 0.2) is 12.1 Å². The topological polar surface area (TPSA) is 43.4 Å². The van der Waals surface area contributed by atoms with Gasteiger partial charge in [-0.05, 0) is 38.3 Å². The predicted molar refractivity (Wildman–Crippen MR) is 79.2 cm³/mol. The summed E-state index contributed by atoms with van der Waals surface area (Å²) in [6.45, 7) is -1.68. The van der Waals surface area contributed by atoms with E-state index in [2.05, 4.69) is 16.6 Å². The van der Waals surface area contributed by atoms with Crippen LogP contribution < -0.4 is 4.74 Å². The van der Waals surface area contributed by atoms with Crippen molar-refractivity contribution in [2.24, 2.45) is 11.8 Å². The fourth-order valence-corrected chi connectivity index (χ4v) is 3.68. The number of Topliss-reactive ketones (excluding diaryl/α,β-unsaturated/α-hetero) is 2. The molecule has 2 bridgehead atoms. The number of ketones is 2. The number of benzene rings is 1. The van der Waals surface area contributed by atoms with Crippen LogP contribution in [0.1, 0.15) is 43.2 Å². The molecule has 1 aromatic carbocycles. The van der Waals surface area contributed by atoms with E-state index in [0.717, 1.165) is 12.1 Å². The highest BCUT2D eigenvalue weighted by atomic mass is 19.3. The Bertz CT molecular complexity index is 739. The Morgan fingerprint density at radius 3 is 2.33 bits per heavy atom. The highest BCUT2D eigenvalue weighted by molar-refractivity contribution is 6.12. The second kappa shape index (κ2) is 6.31. The molecular formula is C18H15F3O3. The molecule has 0 heterocycles. The van der Waals surface area contributed by atoms with Crippen LogP contribution in [0.2, 0.25) is 0 Å². The number of ether oxygens (including phenoxy) is 1. The van der Waals surface area contributed by atoms with E-state index in [4.69, 9.17) is 0 Å². The van der Waals surface area contributed by atoms with Crippen LogP contribution in [0, 0.1) is 29.5 Å². The van der Waals surface area contributed by atoms with Crippen molar-refractivity contribution < 1.29 is 27.5 Å². The molecule has 2 aliphatic rings. The third-order valence-electron chi connectivity index (χ3n) is 4.67. The summed E-state index contributed by atoms with van der Waals surface area (Å²) in [5.74, 6) is 0.894. The first-order chi connectivity index (χ1) is 11.4. The van der Waals surface area contributed by atoms with E-state index < -0.39 is 35.7 Å². The lowest BCUT2D eigenvalue weighted by Crippen LogP contribution is -2.35. The smallest absolute Gasteiger partial charge is 0.387 e. The monoisotopic (exact) mass is 336 g/mol. The number of hydrogen-bond acceptors (Lipinski definition) is 3. The highest BCUT2D eigenvalue weighted by Gasteiger charge is 2.49. The molecule has 24 heavy (non-hydrogen) atoms. The summed E-state index contributed by atoms with van der Waals surface area (Å²) >= 11 is 0. The van der Waals surface area contributed by atoms with Gasteiger partial charge in [-0.1, -0.05) is 5.92 Å². The average Bonchev–Trinajstić information content (AvgIpc) is 2.95. The molecule has 2 unspecified atom stereocenters. The van der Waals surface area contributed by atoms with Crippen molar-refractivity contribution in [1.82, 2.24) is 0 Å². The Morgan fingerprint density at radius 1 is 1.17 bits per heavy atom. The minimum atomic E-state index is -3.20. The molecule has 0 aliphatic heterocycles. The number of hydrogen-bond donors (Lipinski definition) is 0. The fraction of sp³-hybridized carbons (Fsp3) is 0.444. The standard InChI is InChI=1S/C18H15F3O3/c1-2-3-9-6-12(19)14(13(7-9)24-18(20)21)15-16(22)10-4-5-11(8-10)17(15)23/h6-7,10-11,15,18H,4-5,8H2,1H3. The van der Waals surface area contributed by atoms with Gasteiger partial charge in [-0.25, -0.2) is 4.39 Å². The van der Waals surface area contributed by atoms with Gasteiger partial charge in [0, 0.05) is 23.0 Å². The molecule has 2 saturated carbocycles. The van der Waals surface area contributed by atoms with Crippen molar-refractivity contribution >= 4 is 11.6 Å². The lowest BCUT2D eigenvalue weighted by Gasteiger charge is -2.27. The van der Waals surface area contributed by atoms with Gasteiger partial charge in [-0.3, -0.25) is 9.59 Å². The van der Waals surface area contributed by atoms with Crippen molar-refractivity contribution in [3.63, 3.8) is 0 Å². The van der Waals surface area contributed by atoms with E-state index in [1.165, 1.54) is 6.92 Å². The van der Waals surface area contributed by atoms with Gasteiger partial charge in [-0.15, -0.1) is 5.92 Å². The number of carbonyl (C=O) groups excluding carboxylic acids is 2. The third kappa shape index (κ3) is 2.79. The second-order valence-electron chi connectivity index (χ2n) is 6.07. The lowest BCUT2D eigenvalue weighted by molar-refractivity contribution is -0.136. The number of carbonyl (C=O) groups is 2. The molecule has 0 spiro atoms. The van der Waals surface area contributed by atoms with Crippen LogP contribution in [-0.4, -0.2) is 18.2 Å². The van der Waals surface area contributed by atoms with Crippen molar-refractivity contribution in [3.05, 3.63) is 29.1 Å². The first kappa shape index (κ1) is 16.6. The van der Waals surface area contributed by atoms with Gasteiger partial charge in [0.05, 0.1) is 0 Å². The molecule has 3 nitrogen and oxygen atoms in total. The average molecular weight is 336 g/mol. The van der Waals surface area contributed by atoms with Gasteiger partial charge in [0.2, 0.25) is 0 Å². The van der Waals surface area contributed by atoms with Crippen molar-refractivity contribution in [2.45, 2.75) is 38.7 Å². The molecule has 2 atom stereocenters. The largest absolute Gasteiger partial charge is 0.434 e. The predicted octanol–water partition coefficient (Wildman–Crippen LogP) is 3.45. The first-order valence-corrected chi connectivity index (χ1v) is 7.70. The Kier molecular flexibility index (Phi) is 4.35. The minimum absolute atomic E-state index is 0.146. The van der Waals surface area contributed by atoms with E-state index in [-0.39, 0.29) is 23.0 Å². The highest BCUT2D eigenvalue weighted by Crippen LogP contribution is 2.46. The summed E-state index contributed by atoms with van der Waals surface area (Å²) in [6, 6.07) is 2.19. The maximum atomic E-state index is 14.6. The second-order valence-corrected chi connectivity index (χ2v) is 6.07. The van der Waals surface area contributed by atoms with Crippen molar-refractivity contribution in [2.75, 3.05) is 0 Å². The van der Waals surface area contributed by atoms with Crippen LogP contribution in [0.4, 0.5) is 13.2 Å². The first-order valence-electron chi connectivity index (χ1n) is 7.70. The number of fused-ring (bicyclic) bond motifs is 2. The molecule has 0 amide bonds. The molecule has 126 valence electrons. The Morgan fingerprint density at radius 2 is 1.79 bits per heavy atom. The van der Waals surface area contributed by atoms with Crippen LogP contribution in [0.25, 0.3) is 0 Å². The quantitative estimate of drug-likeness (QED) is 0.627. The lowest BCUT2D eigenvalue weighted by atomic mass is 9.75. The van der Waals surface area contributed by atoms with Crippen LogP contribution in [0.5, 0.6) is 5.75 Å². The van der Waals surface area contributed by atoms with Crippen molar-refractivity contribution in [3.8, 4) is 17.6 Å².